The zero-order valence-corrected chi connectivity index (χ0v) is 11.9. The second-order valence-corrected chi connectivity index (χ2v) is 8.01. The van der Waals surface area contributed by atoms with Crippen LogP contribution in [-0.4, -0.2) is 22.9 Å². The van der Waals surface area contributed by atoms with Gasteiger partial charge in [-0.05, 0) is 18.1 Å². The van der Waals surface area contributed by atoms with E-state index in [1.54, 1.807) is 31.2 Å². The Balaban J connectivity index is 3.23. The molecule has 1 aromatic rings. The number of halogens is 2. The largest absolute Gasteiger partial charge is 0.384 e. The van der Waals surface area contributed by atoms with Crippen LogP contribution in [0.4, 0.5) is 0 Å². The number of aliphatic hydroxyl groups is 1. The van der Waals surface area contributed by atoms with Crippen LogP contribution in [0.3, 0.4) is 0 Å². The maximum Gasteiger partial charge on any atom is 0.247 e. The Morgan fingerprint density at radius 1 is 1.35 bits per heavy atom. The molecule has 0 radical (unpaired) electrons. The van der Waals surface area contributed by atoms with Crippen LogP contribution >= 0.6 is 23.2 Å². The van der Waals surface area contributed by atoms with Crippen LogP contribution < -0.4 is 0 Å². The van der Waals surface area contributed by atoms with Gasteiger partial charge in [-0.25, -0.2) is 8.42 Å². The molecule has 1 unspecified atom stereocenters. The summed E-state index contributed by atoms with van der Waals surface area (Å²) in [5.41, 5.74) is 1.14. The van der Waals surface area contributed by atoms with Crippen LogP contribution in [0.2, 0.25) is 0 Å². The van der Waals surface area contributed by atoms with Crippen molar-refractivity contribution < 1.29 is 13.5 Å². The van der Waals surface area contributed by atoms with Gasteiger partial charge in [0, 0.05) is 0 Å². The van der Waals surface area contributed by atoms with Gasteiger partial charge in [-0.3, -0.25) is 0 Å². The second-order valence-electron chi connectivity index (χ2n) is 3.72. The lowest BCUT2D eigenvalue weighted by molar-refractivity contribution is 0.180. The van der Waals surface area contributed by atoms with E-state index in [2.05, 4.69) is 0 Å². The molecule has 1 rings (SSSR count). The topological polar surface area (TPSA) is 54.4 Å². The number of hydrogen-bond donors (Lipinski definition) is 1. The molecule has 6 heteroatoms. The van der Waals surface area contributed by atoms with Crippen molar-refractivity contribution in [1.29, 1.82) is 0 Å². The number of aryl methyl sites for hydroxylation is 1. The molecule has 0 fully saturated rings. The van der Waals surface area contributed by atoms with E-state index < -0.39 is 19.6 Å². The van der Waals surface area contributed by atoms with E-state index in [1.165, 1.54) is 6.92 Å². The van der Waals surface area contributed by atoms with Crippen LogP contribution in [-0.2, 0) is 9.84 Å². The summed E-state index contributed by atoms with van der Waals surface area (Å²) in [5.74, 6) is -0.233. The van der Waals surface area contributed by atoms with Gasteiger partial charge in [-0.15, -0.1) is 0 Å². The number of rotatable bonds is 4. The van der Waals surface area contributed by atoms with Gasteiger partial charge in [0.15, 0.2) is 9.84 Å². The summed E-state index contributed by atoms with van der Waals surface area (Å²) in [7, 11) is -3.78. The highest BCUT2D eigenvalue weighted by Crippen LogP contribution is 2.41. The van der Waals surface area contributed by atoms with E-state index >= 15 is 0 Å². The van der Waals surface area contributed by atoms with Crippen LogP contribution in [0, 0.1) is 6.92 Å². The Kier molecular flexibility index (Phi) is 4.47. The first-order valence-electron chi connectivity index (χ1n) is 5.07. The van der Waals surface area contributed by atoms with Crippen molar-refractivity contribution >= 4 is 33.0 Å². The fraction of sp³-hybridized carbons (Fsp3) is 0.455. The Hall–Kier alpha value is -0.290. The van der Waals surface area contributed by atoms with Gasteiger partial charge in [0.25, 0.3) is 0 Å². The lowest BCUT2D eigenvalue weighted by Crippen LogP contribution is -2.35. The third kappa shape index (κ3) is 2.76. The molecule has 0 heterocycles. The third-order valence-corrected chi connectivity index (χ3v) is 6.23. The molecular weight excluding hydrogens is 283 g/mol. The van der Waals surface area contributed by atoms with E-state index in [1.807, 2.05) is 0 Å². The molecule has 0 saturated heterocycles. The normalized spacial score (nSPS) is 14.6. The molecule has 0 aliphatic carbocycles. The van der Waals surface area contributed by atoms with Crippen LogP contribution in [0.5, 0.6) is 0 Å². The molecule has 0 aromatic heterocycles. The van der Waals surface area contributed by atoms with Crippen molar-refractivity contribution in [2.75, 3.05) is 5.75 Å². The number of sulfone groups is 1. The molecule has 0 saturated carbocycles. The molecule has 96 valence electrons. The monoisotopic (exact) mass is 296 g/mol. The predicted octanol–water partition coefficient (Wildman–Crippen LogP) is 2.59. The molecule has 0 aliphatic heterocycles. The highest BCUT2D eigenvalue weighted by molar-refractivity contribution is 7.95. The summed E-state index contributed by atoms with van der Waals surface area (Å²) in [6.45, 7) is 3.18. The van der Waals surface area contributed by atoms with Crippen molar-refractivity contribution in [2.24, 2.45) is 0 Å². The Morgan fingerprint density at radius 3 is 2.35 bits per heavy atom. The summed E-state index contributed by atoms with van der Waals surface area (Å²) in [4.78, 5) is 0. The first kappa shape index (κ1) is 14.8. The smallest absolute Gasteiger partial charge is 0.247 e. The third-order valence-electron chi connectivity index (χ3n) is 2.60. The van der Waals surface area contributed by atoms with Crippen molar-refractivity contribution in [3.63, 3.8) is 0 Å². The molecule has 17 heavy (non-hydrogen) atoms. The molecule has 1 atom stereocenters. The van der Waals surface area contributed by atoms with E-state index in [0.29, 0.717) is 5.56 Å². The zero-order valence-electron chi connectivity index (χ0n) is 9.52. The Labute approximate surface area is 111 Å². The number of aliphatic hydroxyl groups excluding tert-OH is 1. The summed E-state index contributed by atoms with van der Waals surface area (Å²) in [6, 6.07) is 6.82. The zero-order chi connectivity index (χ0) is 13.3. The summed E-state index contributed by atoms with van der Waals surface area (Å²) in [6.07, 6.45) is -1.48. The lowest BCUT2D eigenvalue weighted by Gasteiger charge is -2.26. The van der Waals surface area contributed by atoms with Crippen molar-refractivity contribution in [2.45, 2.75) is 23.6 Å². The highest BCUT2D eigenvalue weighted by Gasteiger charge is 2.46. The predicted molar refractivity (Wildman–Crippen MR) is 70.0 cm³/mol. The lowest BCUT2D eigenvalue weighted by atomic mass is 10.0. The SMILES string of the molecule is CCS(=O)(=O)C(Cl)(Cl)C(O)c1ccccc1C. The van der Waals surface area contributed by atoms with Crippen molar-refractivity contribution in [3.05, 3.63) is 35.4 Å². The summed E-state index contributed by atoms with van der Waals surface area (Å²) < 4.78 is 21.2. The molecule has 0 bridgehead atoms. The molecule has 1 aromatic carbocycles. The average Bonchev–Trinajstić information content (AvgIpc) is 2.28. The molecular formula is C11H14Cl2O3S. The van der Waals surface area contributed by atoms with E-state index in [4.69, 9.17) is 23.2 Å². The fourth-order valence-corrected chi connectivity index (χ4v) is 3.18. The maximum absolute atomic E-state index is 11.7. The van der Waals surface area contributed by atoms with Gasteiger partial charge < -0.3 is 5.11 Å². The van der Waals surface area contributed by atoms with E-state index in [-0.39, 0.29) is 5.75 Å². The first-order chi connectivity index (χ1) is 7.74. The minimum absolute atomic E-state index is 0.233. The van der Waals surface area contributed by atoms with Crippen molar-refractivity contribution in [1.82, 2.24) is 0 Å². The molecule has 0 amide bonds. The maximum atomic E-state index is 11.7. The molecule has 3 nitrogen and oxygen atoms in total. The second kappa shape index (κ2) is 5.14. The minimum Gasteiger partial charge on any atom is -0.384 e. The number of benzene rings is 1. The van der Waals surface area contributed by atoms with Gasteiger partial charge in [-0.2, -0.15) is 0 Å². The quantitative estimate of drug-likeness (QED) is 0.869. The highest BCUT2D eigenvalue weighted by atomic mass is 35.5. The number of hydrogen-bond acceptors (Lipinski definition) is 3. The standard InChI is InChI=1S/C11H14Cl2O3S/c1-3-17(15,16)11(12,13)10(14)9-7-5-4-6-8(9)2/h4-7,10,14H,3H2,1-2H3. The minimum atomic E-state index is -3.78. The van der Waals surface area contributed by atoms with Gasteiger partial charge in [0.2, 0.25) is 3.67 Å². The van der Waals surface area contributed by atoms with E-state index in [0.717, 1.165) is 5.56 Å². The van der Waals surface area contributed by atoms with Gasteiger partial charge in [0.05, 0.1) is 5.75 Å². The summed E-state index contributed by atoms with van der Waals surface area (Å²) >= 11 is 11.6. The van der Waals surface area contributed by atoms with Gasteiger partial charge in [-0.1, -0.05) is 54.4 Å². The van der Waals surface area contributed by atoms with Crippen molar-refractivity contribution in [3.8, 4) is 0 Å². The molecule has 1 N–H and O–H groups in total. The Bertz CT molecular complexity index is 497. The van der Waals surface area contributed by atoms with Gasteiger partial charge in [0.1, 0.15) is 6.10 Å². The number of alkyl halides is 2. The van der Waals surface area contributed by atoms with E-state index in [9.17, 15) is 13.5 Å². The molecule has 0 spiro atoms. The fourth-order valence-electron chi connectivity index (χ4n) is 1.44. The Morgan fingerprint density at radius 2 is 1.88 bits per heavy atom. The van der Waals surface area contributed by atoms with Crippen LogP contribution in [0.1, 0.15) is 24.2 Å². The molecule has 0 aliphatic rings. The van der Waals surface area contributed by atoms with Crippen LogP contribution in [0.15, 0.2) is 24.3 Å². The first-order valence-corrected chi connectivity index (χ1v) is 7.48. The average molecular weight is 297 g/mol. The van der Waals surface area contributed by atoms with Crippen LogP contribution in [0.25, 0.3) is 0 Å². The van der Waals surface area contributed by atoms with Gasteiger partial charge >= 0.3 is 0 Å². The summed E-state index contributed by atoms with van der Waals surface area (Å²) in [5, 5.41) is 10.1.